The van der Waals surface area contributed by atoms with Gasteiger partial charge in [0.2, 0.25) is 5.91 Å². The topological polar surface area (TPSA) is 69.9 Å². The van der Waals surface area contributed by atoms with Gasteiger partial charge in [-0.25, -0.2) is 4.39 Å². The standard InChI is InChI=1S/C27H39FN4O3/c1-19(2)14-26(33)32-13-7-11-30(17-20(3)4)10-6-12-31(27(34)24-15-21(5)35-29-24)18-22-16-23(28)8-9-25(22)32/h8-9,15-16,19-20H,6-7,10-14,17-18H2,1-5H3. The zero-order chi connectivity index (χ0) is 25.5. The molecule has 1 aromatic heterocycles. The van der Waals surface area contributed by atoms with Crippen LogP contribution < -0.4 is 4.90 Å². The van der Waals surface area contributed by atoms with Gasteiger partial charge in [0, 0.05) is 44.4 Å². The van der Waals surface area contributed by atoms with Crippen molar-refractivity contribution in [2.24, 2.45) is 11.8 Å². The molecule has 0 atom stereocenters. The lowest BCUT2D eigenvalue weighted by Gasteiger charge is -2.32. The van der Waals surface area contributed by atoms with Gasteiger partial charge in [0.15, 0.2) is 5.69 Å². The third-order valence-corrected chi connectivity index (χ3v) is 6.09. The van der Waals surface area contributed by atoms with Crippen LogP contribution in [0.3, 0.4) is 0 Å². The van der Waals surface area contributed by atoms with E-state index in [1.165, 1.54) is 12.1 Å². The maximum atomic E-state index is 14.4. The lowest BCUT2D eigenvalue weighted by atomic mass is 10.1. The van der Waals surface area contributed by atoms with E-state index < -0.39 is 0 Å². The zero-order valence-electron chi connectivity index (χ0n) is 21.7. The Labute approximate surface area is 208 Å². The number of amides is 2. The molecule has 7 nitrogen and oxygen atoms in total. The van der Waals surface area contributed by atoms with Crippen molar-refractivity contribution in [3.63, 3.8) is 0 Å². The molecule has 35 heavy (non-hydrogen) atoms. The van der Waals surface area contributed by atoms with E-state index in [4.69, 9.17) is 4.52 Å². The number of benzene rings is 1. The molecule has 0 saturated carbocycles. The molecule has 192 valence electrons. The van der Waals surface area contributed by atoms with Crippen LogP contribution in [0.5, 0.6) is 0 Å². The smallest absolute Gasteiger partial charge is 0.276 e. The van der Waals surface area contributed by atoms with Crippen LogP contribution in [0.25, 0.3) is 0 Å². The average molecular weight is 487 g/mol. The second kappa shape index (κ2) is 12.3. The van der Waals surface area contributed by atoms with E-state index in [1.807, 2.05) is 13.8 Å². The number of aryl methyl sites for hydroxylation is 1. The maximum Gasteiger partial charge on any atom is 0.276 e. The molecule has 0 N–H and O–H groups in total. The van der Waals surface area contributed by atoms with Crippen molar-refractivity contribution < 1.29 is 18.5 Å². The van der Waals surface area contributed by atoms with E-state index in [-0.39, 0.29) is 35.8 Å². The molecule has 0 saturated heterocycles. The fourth-order valence-corrected chi connectivity index (χ4v) is 4.62. The van der Waals surface area contributed by atoms with Crippen LogP contribution >= 0.6 is 0 Å². The molecule has 0 unspecified atom stereocenters. The third-order valence-electron chi connectivity index (χ3n) is 6.09. The van der Waals surface area contributed by atoms with Crippen molar-refractivity contribution in [1.82, 2.24) is 15.0 Å². The van der Waals surface area contributed by atoms with Crippen molar-refractivity contribution in [3.05, 3.63) is 47.1 Å². The van der Waals surface area contributed by atoms with Gasteiger partial charge in [0.25, 0.3) is 5.91 Å². The second-order valence-electron chi connectivity index (χ2n) is 10.4. The largest absolute Gasteiger partial charge is 0.361 e. The second-order valence-corrected chi connectivity index (χ2v) is 10.4. The molecule has 0 aliphatic carbocycles. The van der Waals surface area contributed by atoms with Crippen molar-refractivity contribution >= 4 is 17.5 Å². The van der Waals surface area contributed by atoms with Gasteiger partial charge >= 0.3 is 0 Å². The number of fused-ring (bicyclic) bond motifs is 1. The summed E-state index contributed by atoms with van der Waals surface area (Å²) in [6, 6.07) is 6.12. The summed E-state index contributed by atoms with van der Waals surface area (Å²) in [6.45, 7) is 14.1. The number of halogens is 1. The van der Waals surface area contributed by atoms with Crippen molar-refractivity contribution in [3.8, 4) is 0 Å². The summed E-state index contributed by atoms with van der Waals surface area (Å²) in [7, 11) is 0. The number of aromatic nitrogens is 1. The molecular weight excluding hydrogens is 447 g/mol. The first-order valence-corrected chi connectivity index (χ1v) is 12.7. The van der Waals surface area contributed by atoms with Gasteiger partial charge in [-0.2, -0.15) is 0 Å². The van der Waals surface area contributed by atoms with Crippen molar-refractivity contribution in [2.45, 2.75) is 60.4 Å². The first kappa shape index (κ1) is 26.9. The van der Waals surface area contributed by atoms with Gasteiger partial charge in [-0.05, 0) is 68.5 Å². The molecule has 1 aromatic carbocycles. The molecule has 0 radical (unpaired) electrons. The number of nitrogens with zero attached hydrogens (tertiary/aromatic N) is 4. The van der Waals surface area contributed by atoms with Gasteiger partial charge in [-0.15, -0.1) is 0 Å². The lowest BCUT2D eigenvalue weighted by Crippen LogP contribution is -2.40. The molecule has 3 rings (SSSR count). The summed E-state index contributed by atoms with van der Waals surface area (Å²) >= 11 is 0. The van der Waals surface area contributed by atoms with Crippen LogP contribution in [-0.2, 0) is 11.3 Å². The molecule has 0 fully saturated rings. The van der Waals surface area contributed by atoms with E-state index in [0.717, 1.165) is 32.5 Å². The van der Waals surface area contributed by atoms with Crippen LogP contribution in [0.4, 0.5) is 10.1 Å². The Bertz CT molecular complexity index is 1000. The summed E-state index contributed by atoms with van der Waals surface area (Å²) in [5, 5.41) is 3.91. The highest BCUT2D eigenvalue weighted by molar-refractivity contribution is 5.95. The quantitative estimate of drug-likeness (QED) is 0.602. The van der Waals surface area contributed by atoms with E-state index >= 15 is 0 Å². The Balaban J connectivity index is 1.99. The molecule has 2 amide bonds. The fraction of sp³-hybridized carbons (Fsp3) is 0.593. The Kier molecular flexibility index (Phi) is 9.43. The summed E-state index contributed by atoms with van der Waals surface area (Å²) in [6.07, 6.45) is 2.03. The summed E-state index contributed by atoms with van der Waals surface area (Å²) in [5.41, 5.74) is 1.52. The minimum atomic E-state index is -0.389. The highest BCUT2D eigenvalue weighted by Crippen LogP contribution is 2.27. The number of hydrogen-bond acceptors (Lipinski definition) is 5. The average Bonchev–Trinajstić information content (AvgIpc) is 3.20. The number of rotatable bonds is 5. The van der Waals surface area contributed by atoms with Crippen molar-refractivity contribution in [1.29, 1.82) is 0 Å². The predicted molar refractivity (Wildman–Crippen MR) is 135 cm³/mol. The molecule has 0 spiro atoms. The lowest BCUT2D eigenvalue weighted by molar-refractivity contribution is -0.119. The van der Waals surface area contributed by atoms with Crippen LogP contribution in [0.2, 0.25) is 0 Å². The van der Waals surface area contributed by atoms with Gasteiger partial charge < -0.3 is 19.2 Å². The van der Waals surface area contributed by atoms with Crippen LogP contribution in [-0.4, -0.2) is 59.5 Å². The number of anilines is 1. The maximum absolute atomic E-state index is 14.4. The van der Waals surface area contributed by atoms with E-state index in [1.54, 1.807) is 28.9 Å². The number of carbonyl (C=O) groups is 2. The monoisotopic (exact) mass is 486 g/mol. The SMILES string of the molecule is Cc1cc(C(=O)N2CCCN(CC(C)C)CCCN(C(=O)CC(C)C)c3ccc(F)cc3C2)no1. The summed E-state index contributed by atoms with van der Waals surface area (Å²) < 4.78 is 19.5. The predicted octanol–water partition coefficient (Wildman–Crippen LogP) is 4.90. The molecule has 8 heteroatoms. The minimum absolute atomic E-state index is 0.0188. The fourth-order valence-electron chi connectivity index (χ4n) is 4.62. The van der Waals surface area contributed by atoms with E-state index in [2.05, 4.69) is 23.9 Å². The molecule has 0 bridgehead atoms. The number of carbonyl (C=O) groups excluding carboxylic acids is 2. The van der Waals surface area contributed by atoms with E-state index in [9.17, 15) is 14.0 Å². The Morgan fingerprint density at radius 2 is 1.74 bits per heavy atom. The molecule has 1 aliphatic rings. The highest BCUT2D eigenvalue weighted by Gasteiger charge is 2.25. The Morgan fingerprint density at radius 3 is 2.37 bits per heavy atom. The van der Waals surface area contributed by atoms with Gasteiger partial charge in [0.1, 0.15) is 11.6 Å². The van der Waals surface area contributed by atoms with Crippen molar-refractivity contribution in [2.75, 3.05) is 37.6 Å². The van der Waals surface area contributed by atoms with Crippen LogP contribution in [0, 0.1) is 24.6 Å². The normalized spacial score (nSPS) is 16.2. The van der Waals surface area contributed by atoms with Gasteiger partial charge in [0.05, 0.1) is 0 Å². The van der Waals surface area contributed by atoms with E-state index in [0.29, 0.717) is 42.4 Å². The number of hydrogen-bond donors (Lipinski definition) is 0. The Hall–Kier alpha value is -2.74. The molecule has 2 aromatic rings. The van der Waals surface area contributed by atoms with Crippen LogP contribution in [0.15, 0.2) is 28.8 Å². The van der Waals surface area contributed by atoms with Gasteiger partial charge in [-0.1, -0.05) is 32.9 Å². The first-order chi connectivity index (χ1) is 16.6. The minimum Gasteiger partial charge on any atom is -0.361 e. The highest BCUT2D eigenvalue weighted by atomic mass is 19.1. The van der Waals surface area contributed by atoms with Gasteiger partial charge in [-0.3, -0.25) is 9.59 Å². The first-order valence-electron chi connectivity index (χ1n) is 12.7. The van der Waals surface area contributed by atoms with Crippen LogP contribution in [0.1, 0.15) is 68.8 Å². The summed E-state index contributed by atoms with van der Waals surface area (Å²) in [4.78, 5) is 32.5. The summed E-state index contributed by atoms with van der Waals surface area (Å²) in [5.74, 6) is 0.650. The molecule has 2 heterocycles. The molecule has 1 aliphatic heterocycles. The Morgan fingerprint density at radius 1 is 1.03 bits per heavy atom. The third kappa shape index (κ3) is 7.62. The zero-order valence-corrected chi connectivity index (χ0v) is 21.7. The molecular formula is C27H39FN4O3.